The summed E-state index contributed by atoms with van der Waals surface area (Å²) in [7, 11) is 0. The van der Waals surface area contributed by atoms with Crippen molar-refractivity contribution in [2.24, 2.45) is 81.8 Å². The molecule has 0 aromatic rings. The van der Waals surface area contributed by atoms with Gasteiger partial charge in [0.1, 0.15) is 0 Å². The number of hydrogen-bond acceptors (Lipinski definition) is 6. The predicted molar refractivity (Wildman–Crippen MR) is 447 cm³/mol. The summed E-state index contributed by atoms with van der Waals surface area (Å²) >= 11 is 0. The monoisotopic (exact) mass is 1420 g/mol. The van der Waals surface area contributed by atoms with Crippen LogP contribution in [-0.4, -0.2) is 138 Å². The molecule has 9 saturated carbocycles. The van der Waals surface area contributed by atoms with Crippen molar-refractivity contribution >= 4 is 0 Å². The Bertz CT molecular complexity index is 2310. The zero-order valence-electron chi connectivity index (χ0n) is 73.6. The molecule has 14 atom stereocenters. The maximum atomic E-state index is 2.77. The standard InChI is InChI=1S/C14H26.2C13H25N.C12H23N.C12H22.2C11H21N.C10H19N/c1-14(2,3)13-9-11-5-4-6-12(10-13)8-7-11;1-13(2,3)14-8-7-11-5-4-6-12(9-11)10-14;1-13(2,3)14-10-9-11-5-4-6-12(14)8-7-11;1-12(2,3)13-8-7-10-5-4-6-11(13)9-10;1-12(2,3)11-9-5-4-6-10(11)8-7-9;1-11(2,3)12-8-9-4-6-10(12)7-5-9;1-11(2,3)12-9-5-4-6-10(12)8-7-9;1-10(2,3)11-7-8-4-5-9(11)6-8/h11-13H,4-10H2,1-3H3;2*11-12H,4-10H2,1-3H3;10-11H,4-9H2,1-3H3;9-11H,4-8H2,1-3H3;2*9-10H,4-8H2,1-3H3;8-9H,4-7H2,1-3H3. The SMILES string of the molecule is CC(C)(C)C1C2CCCC1CC2.CC(C)(C)C1CC2CCCC(CC2)C1.CC(C)(C)N1C2CCCC1CC2.CC(C)(C)N1CC2CCC1C2.CC(C)(C)N1CC2CCC1CC2.CC(C)(C)N1CCC2CCCC(C2)C1.CC(C)(C)N1CCC2CCCC1C2.CC(C)(C)N1CCC2CCCC1CC2. The second-order valence-electron chi connectivity index (χ2n) is 47.1. The molecule has 0 N–H and O–H groups in total. The first-order valence-corrected chi connectivity index (χ1v) is 46.2. The highest BCUT2D eigenvalue weighted by Crippen LogP contribution is 2.54. The number of rotatable bonds is 0. The molecule has 0 amide bonds. The smallest absolute Gasteiger partial charge is 0.0130 e. The maximum absolute atomic E-state index is 2.77. The van der Waals surface area contributed by atoms with Crippen molar-refractivity contribution in [3.8, 4) is 0 Å². The van der Waals surface area contributed by atoms with E-state index < -0.39 is 0 Å². The third kappa shape index (κ3) is 24.9. The van der Waals surface area contributed by atoms with Crippen LogP contribution < -0.4 is 0 Å². The number of fused-ring (bicyclic) bond motifs is 19. The Morgan fingerprint density at radius 1 is 0.206 bits per heavy atom. The van der Waals surface area contributed by atoms with Gasteiger partial charge in [-0.1, -0.05) is 138 Å². The van der Waals surface area contributed by atoms with Crippen molar-refractivity contribution in [3.63, 3.8) is 0 Å². The van der Waals surface area contributed by atoms with Gasteiger partial charge >= 0.3 is 0 Å². The van der Waals surface area contributed by atoms with Gasteiger partial charge in [0.25, 0.3) is 0 Å². The number of likely N-dealkylation sites (tertiary alicyclic amines) is 4. The van der Waals surface area contributed by atoms with E-state index in [-0.39, 0.29) is 0 Å². The highest BCUT2D eigenvalue weighted by molar-refractivity contribution is 5.01. The van der Waals surface area contributed by atoms with Gasteiger partial charge in [-0.25, -0.2) is 0 Å². The van der Waals surface area contributed by atoms with Crippen LogP contribution in [0.25, 0.3) is 0 Å². The van der Waals surface area contributed by atoms with Gasteiger partial charge in [0.05, 0.1) is 0 Å². The van der Waals surface area contributed by atoms with E-state index in [0.29, 0.717) is 44.1 Å². The van der Waals surface area contributed by atoms with Crippen LogP contribution in [-0.2, 0) is 0 Å². The first-order chi connectivity index (χ1) is 47.6. The van der Waals surface area contributed by atoms with Gasteiger partial charge in [0.2, 0.25) is 0 Å². The Balaban J connectivity index is 0.000000136. The molecule has 17 rings (SSSR count). The maximum Gasteiger partial charge on any atom is 0.0130 e. The summed E-state index contributed by atoms with van der Waals surface area (Å²) in [6.45, 7) is 65.3. The van der Waals surface area contributed by atoms with Crippen LogP contribution in [0.1, 0.15) is 423 Å². The fourth-order valence-corrected chi connectivity index (χ4v) is 26.0. The molecule has 596 valence electrons. The van der Waals surface area contributed by atoms with E-state index >= 15 is 0 Å². The molecule has 8 heterocycles. The van der Waals surface area contributed by atoms with Crippen molar-refractivity contribution in [2.45, 2.75) is 492 Å². The van der Waals surface area contributed by atoms with E-state index in [2.05, 4.69) is 196 Å². The summed E-state index contributed by atoms with van der Waals surface area (Å²) in [6.07, 6.45) is 59.7. The minimum atomic E-state index is 0.386. The number of hydrogen-bond donors (Lipinski definition) is 0. The van der Waals surface area contributed by atoms with Gasteiger partial charge in [0.15, 0.2) is 0 Å². The predicted octanol–water partition coefficient (Wildman–Crippen LogP) is 26.0. The molecule has 17 aliphatic rings. The van der Waals surface area contributed by atoms with Crippen LogP contribution in [0.15, 0.2) is 0 Å². The van der Waals surface area contributed by atoms with Crippen LogP contribution in [0.3, 0.4) is 0 Å². The molecule has 0 aromatic heterocycles. The Hall–Kier alpha value is -0.240. The second kappa shape index (κ2) is 36.5. The summed E-state index contributed by atoms with van der Waals surface area (Å²) in [6, 6.07) is 5.48. The van der Waals surface area contributed by atoms with Gasteiger partial charge in [-0.15, -0.1) is 0 Å². The zero-order chi connectivity index (χ0) is 74.4. The molecule has 0 radical (unpaired) electrons. The molecule has 8 aliphatic heterocycles. The van der Waals surface area contributed by atoms with Crippen molar-refractivity contribution in [3.05, 3.63) is 0 Å². The van der Waals surface area contributed by atoms with Crippen molar-refractivity contribution in [1.29, 1.82) is 0 Å². The molecule has 0 aromatic carbocycles. The summed E-state index contributed by atoms with van der Waals surface area (Å²) < 4.78 is 0. The molecule has 102 heavy (non-hydrogen) atoms. The third-order valence-corrected chi connectivity index (χ3v) is 31.2. The number of nitrogens with zero attached hydrogens (tertiary/aromatic N) is 6. The molecule has 0 spiro atoms. The molecule has 14 unspecified atom stereocenters. The lowest BCUT2D eigenvalue weighted by Gasteiger charge is -2.51. The lowest BCUT2D eigenvalue weighted by Crippen LogP contribution is -2.56. The summed E-state index contributed by atoms with van der Waals surface area (Å²) in [5.41, 5.74) is 3.53. The van der Waals surface area contributed by atoms with Gasteiger partial charge in [-0.2, -0.15) is 0 Å². The van der Waals surface area contributed by atoms with Gasteiger partial charge in [0, 0.05) is 89.1 Å². The first-order valence-electron chi connectivity index (χ1n) is 46.2. The van der Waals surface area contributed by atoms with E-state index in [1.54, 1.807) is 0 Å². The van der Waals surface area contributed by atoms with Crippen LogP contribution in [0.5, 0.6) is 0 Å². The molecule has 9 aliphatic carbocycles. The Morgan fingerprint density at radius 3 is 0.971 bits per heavy atom. The summed E-state index contributed by atoms with van der Waals surface area (Å²) in [4.78, 5) is 16.4. The van der Waals surface area contributed by atoms with E-state index in [4.69, 9.17) is 0 Å². The average Bonchev–Trinajstić information content (AvgIpc) is 1.14. The third-order valence-electron chi connectivity index (χ3n) is 31.2. The zero-order valence-corrected chi connectivity index (χ0v) is 73.6. The molecule has 17 fully saturated rings. The highest BCUT2D eigenvalue weighted by Gasteiger charge is 2.47. The van der Waals surface area contributed by atoms with E-state index in [0.717, 1.165) is 107 Å². The van der Waals surface area contributed by atoms with Crippen LogP contribution in [0, 0.1) is 81.8 Å². The fraction of sp³-hybridized carbons (Fsp3) is 1.00. The lowest BCUT2D eigenvalue weighted by molar-refractivity contribution is -0.0163. The van der Waals surface area contributed by atoms with Gasteiger partial charge in [-0.3, -0.25) is 29.4 Å². The van der Waals surface area contributed by atoms with Gasteiger partial charge in [-0.05, 0) is 387 Å². The minimum Gasteiger partial charge on any atom is -0.298 e. The van der Waals surface area contributed by atoms with Crippen LogP contribution >= 0.6 is 0 Å². The molecule has 6 nitrogen and oxygen atoms in total. The van der Waals surface area contributed by atoms with Crippen LogP contribution in [0.4, 0.5) is 0 Å². The summed E-state index contributed by atoms with van der Waals surface area (Å²) in [5.74, 6) is 12.6. The molecular formula is C96H182N6. The first kappa shape index (κ1) is 85.8. The molecular weight excluding hydrogens is 1240 g/mol. The lowest BCUT2D eigenvalue weighted by atomic mass is 9.66. The van der Waals surface area contributed by atoms with Crippen molar-refractivity contribution in [1.82, 2.24) is 29.4 Å². The number of piperidine rings is 5. The topological polar surface area (TPSA) is 19.4 Å². The average molecular weight is 1420 g/mol. The molecule has 6 heteroatoms. The minimum absolute atomic E-state index is 0.386. The van der Waals surface area contributed by atoms with E-state index in [9.17, 15) is 0 Å². The quantitative estimate of drug-likeness (QED) is 0.239. The molecule has 16 bridgehead atoms. The Morgan fingerprint density at radius 2 is 0.539 bits per heavy atom. The second-order valence-corrected chi connectivity index (χ2v) is 47.1. The van der Waals surface area contributed by atoms with Crippen molar-refractivity contribution < 1.29 is 0 Å². The van der Waals surface area contributed by atoms with E-state index in [1.165, 1.54) is 296 Å². The van der Waals surface area contributed by atoms with Crippen molar-refractivity contribution in [2.75, 3.05) is 39.3 Å². The Labute approximate surface area is 639 Å². The Kier molecular flexibility index (Phi) is 30.7. The van der Waals surface area contributed by atoms with Gasteiger partial charge < -0.3 is 0 Å². The van der Waals surface area contributed by atoms with E-state index in [1.807, 2.05) is 0 Å². The summed E-state index contributed by atoms with van der Waals surface area (Å²) in [5, 5.41) is 0. The highest BCUT2D eigenvalue weighted by atomic mass is 15.3. The molecule has 8 saturated heterocycles. The van der Waals surface area contributed by atoms with Crippen LogP contribution in [0.2, 0.25) is 0 Å². The normalized spacial score (nSPS) is 37.5. The fourth-order valence-electron chi connectivity index (χ4n) is 26.0. The largest absolute Gasteiger partial charge is 0.298 e.